The van der Waals surface area contributed by atoms with Gasteiger partial charge >= 0.3 is 0 Å². The molecule has 0 saturated heterocycles. The Labute approximate surface area is 118 Å². The lowest BCUT2D eigenvalue weighted by atomic mass is 10.1. The fourth-order valence-corrected chi connectivity index (χ4v) is 2.17. The lowest BCUT2D eigenvalue weighted by Gasteiger charge is -2.13. The third-order valence-electron chi connectivity index (χ3n) is 3.08. The highest BCUT2D eigenvalue weighted by atomic mass is 16.5. The van der Waals surface area contributed by atoms with Gasteiger partial charge in [0, 0.05) is 12.7 Å². The SMILES string of the molecule is Cc1cc(CN)cc(C)c1OCc1ccnc(C#N)c1. The van der Waals surface area contributed by atoms with Crippen LogP contribution in [0.15, 0.2) is 30.5 Å². The first-order chi connectivity index (χ1) is 9.63. The molecular formula is C16H17N3O. The van der Waals surface area contributed by atoms with Crippen LogP contribution in [0.25, 0.3) is 0 Å². The van der Waals surface area contributed by atoms with Gasteiger partial charge in [0.05, 0.1) is 0 Å². The first-order valence-corrected chi connectivity index (χ1v) is 6.42. The number of nitriles is 1. The van der Waals surface area contributed by atoms with E-state index in [0.717, 1.165) is 28.0 Å². The van der Waals surface area contributed by atoms with Gasteiger partial charge in [0.1, 0.15) is 24.1 Å². The van der Waals surface area contributed by atoms with Crippen molar-refractivity contribution in [3.05, 3.63) is 58.4 Å². The van der Waals surface area contributed by atoms with Crippen molar-refractivity contribution in [1.82, 2.24) is 4.98 Å². The van der Waals surface area contributed by atoms with Gasteiger partial charge < -0.3 is 10.5 Å². The standard InChI is InChI=1S/C16H17N3O/c1-11-5-14(8-17)6-12(2)16(11)20-10-13-3-4-19-15(7-13)9-18/h3-7H,8,10,17H2,1-2H3. The van der Waals surface area contributed by atoms with Crippen LogP contribution in [0.1, 0.15) is 27.9 Å². The Morgan fingerprint density at radius 3 is 2.50 bits per heavy atom. The van der Waals surface area contributed by atoms with E-state index in [1.165, 1.54) is 0 Å². The zero-order chi connectivity index (χ0) is 14.5. The topological polar surface area (TPSA) is 71.9 Å². The Hall–Kier alpha value is -2.38. The van der Waals surface area contributed by atoms with Crippen LogP contribution in [0.3, 0.4) is 0 Å². The molecule has 2 rings (SSSR count). The molecule has 0 fully saturated rings. The van der Waals surface area contributed by atoms with E-state index in [-0.39, 0.29) is 0 Å². The first kappa shape index (κ1) is 14.0. The number of rotatable bonds is 4. The van der Waals surface area contributed by atoms with Crippen LogP contribution in [0.5, 0.6) is 5.75 Å². The number of nitrogens with zero attached hydrogens (tertiary/aromatic N) is 2. The van der Waals surface area contributed by atoms with Gasteiger partial charge in [0.15, 0.2) is 0 Å². The Morgan fingerprint density at radius 2 is 1.90 bits per heavy atom. The summed E-state index contributed by atoms with van der Waals surface area (Å²) in [5.41, 5.74) is 10.2. The van der Waals surface area contributed by atoms with E-state index in [0.29, 0.717) is 18.8 Å². The highest BCUT2D eigenvalue weighted by molar-refractivity contribution is 5.43. The molecule has 1 aromatic carbocycles. The number of aryl methyl sites for hydroxylation is 2. The Balaban J connectivity index is 2.17. The van der Waals surface area contributed by atoms with E-state index in [2.05, 4.69) is 4.98 Å². The maximum absolute atomic E-state index is 8.83. The van der Waals surface area contributed by atoms with E-state index in [4.69, 9.17) is 15.7 Å². The molecule has 1 aromatic heterocycles. The summed E-state index contributed by atoms with van der Waals surface area (Å²) in [6.45, 7) is 4.96. The second-order valence-corrected chi connectivity index (χ2v) is 4.71. The van der Waals surface area contributed by atoms with Crippen LogP contribution >= 0.6 is 0 Å². The lowest BCUT2D eigenvalue weighted by molar-refractivity contribution is 0.301. The van der Waals surface area contributed by atoms with E-state index in [9.17, 15) is 0 Å². The van der Waals surface area contributed by atoms with Gasteiger partial charge in [-0.2, -0.15) is 5.26 Å². The molecule has 0 spiro atoms. The van der Waals surface area contributed by atoms with Crippen molar-refractivity contribution in [2.75, 3.05) is 0 Å². The largest absolute Gasteiger partial charge is 0.488 e. The molecule has 0 radical (unpaired) electrons. The molecule has 0 aliphatic carbocycles. The average molecular weight is 267 g/mol. The second kappa shape index (κ2) is 6.18. The first-order valence-electron chi connectivity index (χ1n) is 6.42. The molecule has 2 N–H and O–H groups in total. The number of hydrogen-bond donors (Lipinski definition) is 1. The summed E-state index contributed by atoms with van der Waals surface area (Å²) in [6.07, 6.45) is 1.62. The van der Waals surface area contributed by atoms with E-state index in [1.807, 2.05) is 38.1 Å². The van der Waals surface area contributed by atoms with Gasteiger partial charge in [0.25, 0.3) is 0 Å². The third-order valence-corrected chi connectivity index (χ3v) is 3.08. The smallest absolute Gasteiger partial charge is 0.140 e. The maximum atomic E-state index is 8.83. The molecule has 0 atom stereocenters. The van der Waals surface area contributed by atoms with Crippen molar-refractivity contribution >= 4 is 0 Å². The summed E-state index contributed by atoms with van der Waals surface area (Å²) in [4.78, 5) is 3.94. The second-order valence-electron chi connectivity index (χ2n) is 4.71. The Kier molecular flexibility index (Phi) is 4.34. The van der Waals surface area contributed by atoms with Gasteiger partial charge in [-0.1, -0.05) is 12.1 Å². The fourth-order valence-electron chi connectivity index (χ4n) is 2.17. The van der Waals surface area contributed by atoms with Gasteiger partial charge in [-0.15, -0.1) is 0 Å². The molecule has 4 nitrogen and oxygen atoms in total. The number of aromatic nitrogens is 1. The van der Waals surface area contributed by atoms with E-state index >= 15 is 0 Å². The van der Waals surface area contributed by atoms with Crippen molar-refractivity contribution in [3.63, 3.8) is 0 Å². The predicted octanol–water partition coefficient (Wildman–Crippen LogP) is 2.61. The summed E-state index contributed by atoms with van der Waals surface area (Å²) in [5, 5.41) is 8.83. The average Bonchev–Trinajstić information content (AvgIpc) is 2.46. The number of pyridine rings is 1. The molecule has 2 aromatic rings. The zero-order valence-corrected chi connectivity index (χ0v) is 11.7. The van der Waals surface area contributed by atoms with Crippen LogP contribution in [-0.4, -0.2) is 4.98 Å². The van der Waals surface area contributed by atoms with E-state index in [1.54, 1.807) is 12.3 Å². The van der Waals surface area contributed by atoms with Crippen LogP contribution in [0.4, 0.5) is 0 Å². The normalized spacial score (nSPS) is 10.1. The Bertz CT molecular complexity index is 636. The Morgan fingerprint density at radius 1 is 1.20 bits per heavy atom. The van der Waals surface area contributed by atoms with Crippen molar-refractivity contribution in [2.24, 2.45) is 5.73 Å². The van der Waals surface area contributed by atoms with Gasteiger partial charge in [-0.05, 0) is 48.2 Å². The van der Waals surface area contributed by atoms with E-state index < -0.39 is 0 Å². The number of nitrogens with two attached hydrogens (primary N) is 1. The molecule has 1 heterocycles. The third kappa shape index (κ3) is 3.14. The number of ether oxygens (including phenoxy) is 1. The molecule has 0 saturated carbocycles. The molecule has 102 valence electrons. The number of benzene rings is 1. The number of hydrogen-bond acceptors (Lipinski definition) is 4. The fraction of sp³-hybridized carbons (Fsp3) is 0.250. The van der Waals surface area contributed by atoms with Crippen LogP contribution in [0.2, 0.25) is 0 Å². The van der Waals surface area contributed by atoms with Crippen molar-refractivity contribution in [2.45, 2.75) is 27.0 Å². The summed E-state index contributed by atoms with van der Waals surface area (Å²) in [6, 6.07) is 9.68. The molecule has 20 heavy (non-hydrogen) atoms. The van der Waals surface area contributed by atoms with Crippen LogP contribution < -0.4 is 10.5 Å². The van der Waals surface area contributed by atoms with Crippen molar-refractivity contribution in [1.29, 1.82) is 5.26 Å². The van der Waals surface area contributed by atoms with Gasteiger partial charge in [0.2, 0.25) is 0 Å². The molecule has 4 heteroatoms. The maximum Gasteiger partial charge on any atom is 0.140 e. The predicted molar refractivity (Wildman–Crippen MR) is 77.1 cm³/mol. The summed E-state index contributed by atoms with van der Waals surface area (Å²) < 4.78 is 5.87. The van der Waals surface area contributed by atoms with Crippen molar-refractivity contribution in [3.8, 4) is 11.8 Å². The molecule has 0 aliphatic heterocycles. The highest BCUT2D eigenvalue weighted by Crippen LogP contribution is 2.25. The van der Waals surface area contributed by atoms with Gasteiger partial charge in [-0.25, -0.2) is 4.98 Å². The zero-order valence-electron chi connectivity index (χ0n) is 11.7. The van der Waals surface area contributed by atoms with Crippen LogP contribution in [0, 0.1) is 25.2 Å². The van der Waals surface area contributed by atoms with Crippen molar-refractivity contribution < 1.29 is 4.74 Å². The molecule has 0 bridgehead atoms. The lowest BCUT2D eigenvalue weighted by Crippen LogP contribution is -2.03. The minimum Gasteiger partial charge on any atom is -0.488 e. The quantitative estimate of drug-likeness (QED) is 0.924. The summed E-state index contributed by atoms with van der Waals surface area (Å²) in [7, 11) is 0. The molecule has 0 unspecified atom stereocenters. The summed E-state index contributed by atoms with van der Waals surface area (Å²) >= 11 is 0. The molecular weight excluding hydrogens is 250 g/mol. The summed E-state index contributed by atoms with van der Waals surface area (Å²) in [5.74, 6) is 0.873. The molecule has 0 aliphatic rings. The molecule has 0 amide bonds. The van der Waals surface area contributed by atoms with Crippen LogP contribution in [-0.2, 0) is 13.2 Å². The minimum atomic E-state index is 0.401. The van der Waals surface area contributed by atoms with Gasteiger partial charge in [-0.3, -0.25) is 0 Å². The minimum absolute atomic E-state index is 0.401. The highest BCUT2D eigenvalue weighted by Gasteiger charge is 2.07. The monoisotopic (exact) mass is 267 g/mol.